The van der Waals surface area contributed by atoms with Crippen LogP contribution in [0.15, 0.2) is 24.4 Å². The highest BCUT2D eigenvalue weighted by molar-refractivity contribution is 5.84. The second-order valence-electron chi connectivity index (χ2n) is 4.98. The zero-order chi connectivity index (χ0) is 11.8. The van der Waals surface area contributed by atoms with Crippen LogP contribution in [0.4, 0.5) is 4.39 Å². The van der Waals surface area contributed by atoms with E-state index in [0.717, 1.165) is 10.9 Å². The lowest BCUT2D eigenvalue weighted by molar-refractivity contribution is 0.447. The first-order valence-corrected chi connectivity index (χ1v) is 6.28. The highest BCUT2D eigenvalue weighted by Gasteiger charge is 2.25. The summed E-state index contributed by atoms with van der Waals surface area (Å²) in [5.41, 5.74) is 7.96. The molecule has 3 N–H and O–H groups in total. The third kappa shape index (κ3) is 1.75. The van der Waals surface area contributed by atoms with E-state index in [1.165, 1.54) is 31.7 Å². The number of hydrogen-bond donors (Lipinski definition) is 2. The molecule has 2 aromatic rings. The number of nitrogens with one attached hydrogen (secondary N) is 1. The van der Waals surface area contributed by atoms with Crippen molar-refractivity contribution in [2.45, 2.75) is 31.7 Å². The molecule has 3 rings (SSSR count). The molecule has 1 saturated carbocycles. The average molecular weight is 232 g/mol. The van der Waals surface area contributed by atoms with Gasteiger partial charge in [0.15, 0.2) is 0 Å². The van der Waals surface area contributed by atoms with Crippen molar-refractivity contribution in [1.29, 1.82) is 0 Å². The van der Waals surface area contributed by atoms with Crippen LogP contribution >= 0.6 is 0 Å². The maximum atomic E-state index is 13.6. The molecular weight excluding hydrogens is 215 g/mol. The summed E-state index contributed by atoms with van der Waals surface area (Å²) in [5.74, 6) is 0.352. The molecule has 0 amide bonds. The van der Waals surface area contributed by atoms with Gasteiger partial charge in [-0.25, -0.2) is 4.39 Å². The number of nitrogens with two attached hydrogens (primary N) is 1. The molecule has 1 aliphatic carbocycles. The normalized spacial score (nSPS) is 18.9. The van der Waals surface area contributed by atoms with E-state index in [-0.39, 0.29) is 11.9 Å². The number of aromatic nitrogens is 1. The maximum absolute atomic E-state index is 13.6. The number of rotatable bonds is 2. The largest absolute Gasteiger partial charge is 0.358 e. The van der Waals surface area contributed by atoms with E-state index in [1.54, 1.807) is 6.07 Å². The number of aromatic amines is 1. The van der Waals surface area contributed by atoms with E-state index in [0.29, 0.717) is 11.4 Å². The average Bonchev–Trinajstić information content (AvgIpc) is 2.98. The molecule has 0 aliphatic heterocycles. The van der Waals surface area contributed by atoms with Crippen LogP contribution in [0.1, 0.15) is 37.3 Å². The molecule has 0 bridgehead atoms. The minimum absolute atomic E-state index is 0.0352. The number of H-pyrrole nitrogens is 1. The molecule has 1 aromatic heterocycles. The van der Waals surface area contributed by atoms with Gasteiger partial charge in [-0.1, -0.05) is 25.0 Å². The highest BCUT2D eigenvalue weighted by atomic mass is 19.1. The Morgan fingerprint density at radius 3 is 2.82 bits per heavy atom. The van der Waals surface area contributed by atoms with Crippen molar-refractivity contribution in [2.24, 2.45) is 11.7 Å². The fourth-order valence-corrected chi connectivity index (χ4v) is 2.99. The third-order valence-electron chi connectivity index (χ3n) is 3.96. The van der Waals surface area contributed by atoms with Gasteiger partial charge in [0.2, 0.25) is 0 Å². The van der Waals surface area contributed by atoms with E-state index < -0.39 is 0 Å². The lowest BCUT2D eigenvalue weighted by Gasteiger charge is -2.18. The Kier molecular flexibility index (Phi) is 2.63. The maximum Gasteiger partial charge on any atom is 0.147 e. The Bertz CT molecular complexity index is 526. The number of fused-ring (bicyclic) bond motifs is 1. The second kappa shape index (κ2) is 4.15. The smallest absolute Gasteiger partial charge is 0.147 e. The predicted octanol–water partition coefficient (Wildman–Crippen LogP) is 3.50. The summed E-state index contributed by atoms with van der Waals surface area (Å²) in [7, 11) is 0. The Morgan fingerprint density at radius 1 is 1.29 bits per heavy atom. The fourth-order valence-electron chi connectivity index (χ4n) is 2.99. The van der Waals surface area contributed by atoms with E-state index in [2.05, 4.69) is 4.98 Å². The summed E-state index contributed by atoms with van der Waals surface area (Å²) in [5, 5.41) is 0.935. The van der Waals surface area contributed by atoms with Gasteiger partial charge in [0.05, 0.1) is 5.52 Å². The van der Waals surface area contributed by atoms with Crippen molar-refractivity contribution < 1.29 is 4.39 Å². The van der Waals surface area contributed by atoms with Crippen LogP contribution in [-0.4, -0.2) is 4.98 Å². The zero-order valence-electron chi connectivity index (χ0n) is 9.75. The standard InChI is InChI=1S/C14H17FN2/c15-12-7-3-6-10-11(8-17-14(10)12)13(16)9-4-1-2-5-9/h3,6-9,13,17H,1-2,4-5,16H2. The molecule has 1 aromatic carbocycles. The molecule has 0 spiro atoms. The third-order valence-corrected chi connectivity index (χ3v) is 3.96. The zero-order valence-corrected chi connectivity index (χ0v) is 9.75. The van der Waals surface area contributed by atoms with Crippen LogP contribution < -0.4 is 5.73 Å². The molecule has 90 valence electrons. The quantitative estimate of drug-likeness (QED) is 0.817. The Morgan fingerprint density at radius 2 is 2.06 bits per heavy atom. The molecule has 0 saturated heterocycles. The Hall–Kier alpha value is -1.35. The first-order valence-electron chi connectivity index (χ1n) is 6.28. The SMILES string of the molecule is NC(c1c[nH]c2c(F)cccc12)C1CCCC1. The lowest BCUT2D eigenvalue weighted by atomic mass is 9.92. The fraction of sp³-hybridized carbons (Fsp3) is 0.429. The van der Waals surface area contributed by atoms with Crippen molar-refractivity contribution >= 4 is 10.9 Å². The van der Waals surface area contributed by atoms with Crippen LogP contribution in [0.2, 0.25) is 0 Å². The number of benzene rings is 1. The second-order valence-corrected chi connectivity index (χ2v) is 4.98. The van der Waals surface area contributed by atoms with Gasteiger partial charge in [-0.2, -0.15) is 0 Å². The van der Waals surface area contributed by atoms with Gasteiger partial charge in [-0.05, 0) is 30.4 Å². The van der Waals surface area contributed by atoms with Gasteiger partial charge in [-0.15, -0.1) is 0 Å². The van der Waals surface area contributed by atoms with Crippen molar-refractivity contribution in [3.05, 3.63) is 35.8 Å². The number of hydrogen-bond acceptors (Lipinski definition) is 1. The van der Waals surface area contributed by atoms with Gasteiger partial charge >= 0.3 is 0 Å². The summed E-state index contributed by atoms with van der Waals surface area (Å²) in [6.07, 6.45) is 6.81. The molecule has 3 heteroatoms. The van der Waals surface area contributed by atoms with Gasteiger partial charge in [-0.3, -0.25) is 0 Å². The first-order chi connectivity index (χ1) is 8.27. The number of halogens is 1. The van der Waals surface area contributed by atoms with Crippen LogP contribution in [0.3, 0.4) is 0 Å². The van der Waals surface area contributed by atoms with Crippen LogP contribution in [0.25, 0.3) is 10.9 Å². The molecule has 1 aliphatic rings. The lowest BCUT2D eigenvalue weighted by Crippen LogP contribution is -2.18. The van der Waals surface area contributed by atoms with Crippen LogP contribution in [0, 0.1) is 11.7 Å². The van der Waals surface area contributed by atoms with Crippen molar-refractivity contribution in [3.63, 3.8) is 0 Å². The molecule has 1 atom stereocenters. The van der Waals surface area contributed by atoms with Gasteiger partial charge < -0.3 is 10.7 Å². The Balaban J connectivity index is 2.02. The highest BCUT2D eigenvalue weighted by Crippen LogP contribution is 2.36. The van der Waals surface area contributed by atoms with Crippen molar-refractivity contribution in [2.75, 3.05) is 0 Å². The minimum Gasteiger partial charge on any atom is -0.358 e. The molecule has 1 fully saturated rings. The van der Waals surface area contributed by atoms with Gasteiger partial charge in [0, 0.05) is 17.6 Å². The summed E-state index contributed by atoms with van der Waals surface area (Å²) in [6.45, 7) is 0. The van der Waals surface area contributed by atoms with Crippen molar-refractivity contribution in [1.82, 2.24) is 4.98 Å². The number of para-hydroxylation sites is 1. The van der Waals surface area contributed by atoms with E-state index in [9.17, 15) is 4.39 Å². The first kappa shape index (κ1) is 10.8. The van der Waals surface area contributed by atoms with E-state index in [1.807, 2.05) is 12.3 Å². The van der Waals surface area contributed by atoms with Gasteiger partial charge in [0.25, 0.3) is 0 Å². The summed E-state index contributed by atoms with van der Waals surface area (Å²) in [6, 6.07) is 5.20. The van der Waals surface area contributed by atoms with Crippen molar-refractivity contribution in [3.8, 4) is 0 Å². The molecule has 0 radical (unpaired) electrons. The molecule has 17 heavy (non-hydrogen) atoms. The molecule has 1 heterocycles. The minimum atomic E-state index is -0.202. The monoisotopic (exact) mass is 232 g/mol. The summed E-state index contributed by atoms with van der Waals surface area (Å²) >= 11 is 0. The van der Waals surface area contributed by atoms with Crippen LogP contribution in [-0.2, 0) is 0 Å². The van der Waals surface area contributed by atoms with E-state index >= 15 is 0 Å². The summed E-state index contributed by atoms with van der Waals surface area (Å²) < 4.78 is 13.6. The molecule has 1 unspecified atom stereocenters. The van der Waals surface area contributed by atoms with Gasteiger partial charge in [0.1, 0.15) is 5.82 Å². The molecular formula is C14H17FN2. The topological polar surface area (TPSA) is 41.8 Å². The predicted molar refractivity (Wildman–Crippen MR) is 67.1 cm³/mol. The van der Waals surface area contributed by atoms with E-state index in [4.69, 9.17) is 5.73 Å². The molecule has 2 nitrogen and oxygen atoms in total. The van der Waals surface area contributed by atoms with Crippen LogP contribution in [0.5, 0.6) is 0 Å². The Labute approximate surface area is 100 Å². The summed E-state index contributed by atoms with van der Waals surface area (Å²) in [4.78, 5) is 3.01.